The van der Waals surface area contributed by atoms with Gasteiger partial charge in [-0.3, -0.25) is 9.59 Å². The molecule has 2 rings (SSSR count). The largest absolute Gasteiger partial charge is 0.471 e. The van der Waals surface area contributed by atoms with Crippen LogP contribution in [0.2, 0.25) is 18.1 Å². The van der Waals surface area contributed by atoms with E-state index in [0.29, 0.717) is 0 Å². The quantitative estimate of drug-likeness (QED) is 0.505. The Kier molecular flexibility index (Phi) is 7.09. The Morgan fingerprint density at radius 1 is 1.13 bits per heavy atom. The fourth-order valence-electron chi connectivity index (χ4n) is 3.15. The highest BCUT2D eigenvalue weighted by Crippen LogP contribution is 2.43. The fourth-order valence-corrected chi connectivity index (χ4v) is 5.63. The highest BCUT2D eigenvalue weighted by atomic mass is 28.3. The maximum absolute atomic E-state index is 12.9. The van der Waals surface area contributed by atoms with E-state index in [4.69, 9.17) is 4.74 Å². The molecule has 1 saturated heterocycles. The number of alkyl halides is 3. The van der Waals surface area contributed by atoms with Gasteiger partial charge in [-0.05, 0) is 10.6 Å². The lowest BCUT2D eigenvalue weighted by Gasteiger charge is -2.58. The van der Waals surface area contributed by atoms with E-state index in [2.05, 4.69) is 5.32 Å². The molecule has 0 bridgehead atoms. The van der Waals surface area contributed by atoms with Crippen molar-refractivity contribution in [2.75, 3.05) is 6.54 Å². The van der Waals surface area contributed by atoms with E-state index in [0.717, 1.165) is 5.56 Å². The molecule has 0 aliphatic carbocycles. The molecule has 1 aromatic rings. The van der Waals surface area contributed by atoms with Crippen molar-refractivity contribution in [3.8, 4) is 0 Å². The van der Waals surface area contributed by atoms with Crippen LogP contribution in [-0.4, -0.2) is 55.5 Å². The van der Waals surface area contributed by atoms with Crippen LogP contribution in [0.15, 0.2) is 30.3 Å². The van der Waals surface area contributed by atoms with E-state index >= 15 is 0 Å². The van der Waals surface area contributed by atoms with E-state index < -0.39 is 50.9 Å². The second-order valence-electron chi connectivity index (χ2n) is 8.98. The van der Waals surface area contributed by atoms with Gasteiger partial charge in [0.1, 0.15) is 12.6 Å². The van der Waals surface area contributed by atoms with Crippen molar-refractivity contribution in [3.63, 3.8) is 0 Å². The van der Waals surface area contributed by atoms with Crippen LogP contribution in [0, 0.1) is 0 Å². The summed E-state index contributed by atoms with van der Waals surface area (Å²) in [5.41, 5.74) is 0.745. The molecule has 1 heterocycles. The van der Waals surface area contributed by atoms with Crippen molar-refractivity contribution in [2.24, 2.45) is 0 Å². The number of β-lactam (4-membered cyclic amide) rings is 1. The van der Waals surface area contributed by atoms with Gasteiger partial charge in [0.25, 0.3) is 0 Å². The number of rotatable bonds is 6. The molecular formula is C20H28F3N3O4Si. The lowest BCUT2D eigenvalue weighted by molar-refractivity contribution is -0.174. The molecule has 0 unspecified atom stereocenters. The number of hydrogen-bond acceptors (Lipinski definition) is 4. The number of carbonyl (C=O) groups excluding carboxylic acids is 3. The number of carbonyl (C=O) groups is 3. The summed E-state index contributed by atoms with van der Waals surface area (Å²) in [6, 6.07) is 7.01. The normalized spacial score (nSPS) is 19.5. The lowest BCUT2D eigenvalue weighted by Crippen LogP contribution is -2.80. The predicted octanol–water partition coefficient (Wildman–Crippen LogP) is 3.18. The Morgan fingerprint density at radius 3 is 2.23 bits per heavy atom. The van der Waals surface area contributed by atoms with E-state index in [1.807, 2.05) is 45.2 Å². The first-order valence-electron chi connectivity index (χ1n) is 9.81. The van der Waals surface area contributed by atoms with Crippen LogP contribution >= 0.6 is 0 Å². The summed E-state index contributed by atoms with van der Waals surface area (Å²) in [7, 11) is -2.47. The van der Waals surface area contributed by atoms with Gasteiger partial charge >= 0.3 is 18.2 Å². The average molecular weight is 460 g/mol. The summed E-state index contributed by atoms with van der Waals surface area (Å²) in [6.07, 6.45) is -5.89. The minimum Gasteiger partial charge on any atom is -0.445 e. The topological polar surface area (TPSA) is 87.7 Å². The number of hydrogen-bond donors (Lipinski definition) is 2. The monoisotopic (exact) mass is 459 g/mol. The summed E-state index contributed by atoms with van der Waals surface area (Å²) in [5.74, 6) is -2.48. The minimum absolute atomic E-state index is 0.0188. The number of alkyl carbamates (subject to hydrolysis) is 1. The highest BCUT2D eigenvalue weighted by molar-refractivity contribution is 6.80. The Balaban J connectivity index is 2.11. The maximum Gasteiger partial charge on any atom is 0.471 e. The Labute approximate surface area is 180 Å². The van der Waals surface area contributed by atoms with Gasteiger partial charge in [-0.15, -0.1) is 0 Å². The molecule has 0 saturated carbocycles. The van der Waals surface area contributed by atoms with Crippen molar-refractivity contribution in [1.82, 2.24) is 15.2 Å². The van der Waals surface area contributed by atoms with E-state index in [-0.39, 0.29) is 11.6 Å². The number of nitrogens with zero attached hydrogens (tertiary/aromatic N) is 1. The molecule has 1 aliphatic heterocycles. The summed E-state index contributed by atoms with van der Waals surface area (Å²) in [5, 5.41) is 3.99. The number of benzene rings is 1. The number of nitrogens with one attached hydrogen (secondary N) is 2. The molecule has 2 atom stereocenters. The Hall–Kier alpha value is -2.56. The first kappa shape index (κ1) is 24.7. The molecule has 172 valence electrons. The summed E-state index contributed by atoms with van der Waals surface area (Å²) < 4.78 is 44.5. The molecule has 2 N–H and O–H groups in total. The van der Waals surface area contributed by atoms with Gasteiger partial charge in [0.15, 0.2) is 8.24 Å². The number of halogens is 3. The molecular weight excluding hydrogens is 431 g/mol. The summed E-state index contributed by atoms with van der Waals surface area (Å²) in [4.78, 5) is 36.4. The van der Waals surface area contributed by atoms with Crippen molar-refractivity contribution in [1.29, 1.82) is 0 Å². The number of amides is 3. The van der Waals surface area contributed by atoms with Crippen molar-refractivity contribution in [2.45, 2.75) is 63.8 Å². The first-order chi connectivity index (χ1) is 14.2. The van der Waals surface area contributed by atoms with Crippen LogP contribution in [-0.2, 0) is 20.9 Å². The average Bonchev–Trinajstić information content (AvgIpc) is 2.66. The van der Waals surface area contributed by atoms with Crippen molar-refractivity contribution in [3.05, 3.63) is 35.9 Å². The molecule has 11 heteroatoms. The van der Waals surface area contributed by atoms with Crippen LogP contribution in [0.4, 0.5) is 18.0 Å². The van der Waals surface area contributed by atoms with Crippen molar-refractivity contribution < 1.29 is 32.3 Å². The minimum atomic E-state index is -5.03. The van der Waals surface area contributed by atoms with Crippen LogP contribution in [0.25, 0.3) is 0 Å². The molecule has 7 nitrogen and oxygen atoms in total. The zero-order valence-corrected chi connectivity index (χ0v) is 19.2. The van der Waals surface area contributed by atoms with Crippen LogP contribution < -0.4 is 10.6 Å². The van der Waals surface area contributed by atoms with Gasteiger partial charge < -0.3 is 19.9 Å². The smallest absolute Gasteiger partial charge is 0.445 e. The molecule has 0 spiro atoms. The molecule has 3 amide bonds. The zero-order valence-electron chi connectivity index (χ0n) is 18.2. The molecule has 1 aliphatic rings. The van der Waals surface area contributed by atoms with Gasteiger partial charge in [0.05, 0.1) is 6.04 Å². The lowest BCUT2D eigenvalue weighted by atomic mass is 9.99. The van der Waals surface area contributed by atoms with Crippen LogP contribution in [0.1, 0.15) is 26.3 Å². The van der Waals surface area contributed by atoms with Crippen LogP contribution in [0.3, 0.4) is 0 Å². The summed E-state index contributed by atoms with van der Waals surface area (Å²) in [6.45, 7) is 9.25. The molecule has 0 aromatic heterocycles. The number of ether oxygens (including phenoxy) is 1. The highest BCUT2D eigenvalue weighted by Gasteiger charge is 2.58. The Morgan fingerprint density at radius 2 is 1.71 bits per heavy atom. The molecule has 1 fully saturated rings. The van der Waals surface area contributed by atoms with Gasteiger partial charge in [0.2, 0.25) is 5.91 Å². The van der Waals surface area contributed by atoms with E-state index in [9.17, 15) is 27.6 Å². The zero-order chi connectivity index (χ0) is 23.6. The second kappa shape index (κ2) is 8.89. The van der Waals surface area contributed by atoms with E-state index in [1.54, 1.807) is 28.8 Å². The standard InChI is InChI=1S/C20H28F3N3O4Si/c1-19(2,3)31(4,5)26-14(11-24-17(28)20(21,22)23)15(16(26)27)25-18(29)30-12-13-9-7-6-8-10-13/h6-10,14-15H,11-12H2,1-5H3,(H,24,28)(H,25,29)/t14-,15+/m0/s1. The van der Waals surface area contributed by atoms with Gasteiger partial charge in [-0.1, -0.05) is 64.2 Å². The van der Waals surface area contributed by atoms with E-state index in [1.165, 1.54) is 0 Å². The fraction of sp³-hybridized carbons (Fsp3) is 0.550. The molecule has 0 radical (unpaired) electrons. The predicted molar refractivity (Wildman–Crippen MR) is 110 cm³/mol. The summed E-state index contributed by atoms with van der Waals surface area (Å²) >= 11 is 0. The van der Waals surface area contributed by atoms with Gasteiger partial charge in [-0.25, -0.2) is 4.79 Å². The molecule has 31 heavy (non-hydrogen) atoms. The third-order valence-corrected chi connectivity index (χ3v) is 11.3. The first-order valence-corrected chi connectivity index (χ1v) is 12.8. The van der Waals surface area contributed by atoms with Crippen molar-refractivity contribution >= 4 is 26.1 Å². The molecule has 1 aromatic carbocycles. The Bertz CT molecular complexity index is 825. The second-order valence-corrected chi connectivity index (χ2v) is 14.1. The third kappa shape index (κ3) is 5.57. The van der Waals surface area contributed by atoms with Gasteiger partial charge in [-0.2, -0.15) is 13.2 Å². The van der Waals surface area contributed by atoms with Gasteiger partial charge in [0, 0.05) is 6.54 Å². The maximum atomic E-state index is 12.9. The SMILES string of the molecule is CC(C)(C)[Si](C)(C)N1C(=O)[C@H](NC(=O)OCc2ccccc2)[C@@H]1CNC(=O)C(F)(F)F. The third-order valence-electron chi connectivity index (χ3n) is 5.87. The van der Waals surface area contributed by atoms with Crippen LogP contribution in [0.5, 0.6) is 0 Å².